The molecule has 0 radical (unpaired) electrons. The topological polar surface area (TPSA) is 46.6 Å². The lowest BCUT2D eigenvalue weighted by molar-refractivity contribution is -0.145. The monoisotopic (exact) mass is 385 g/mol. The van der Waals surface area contributed by atoms with Crippen LogP contribution in [0.1, 0.15) is 55.8 Å². The third kappa shape index (κ3) is 5.35. The Morgan fingerprint density at radius 3 is 2.36 bits per heavy atom. The lowest BCUT2D eigenvalue weighted by Gasteiger charge is -2.33. The summed E-state index contributed by atoms with van der Waals surface area (Å²) in [5.41, 5.74) is 0.496. The van der Waals surface area contributed by atoms with E-state index in [1.807, 2.05) is 4.90 Å². The average molecular weight is 386 g/mol. The molecule has 0 bridgehead atoms. The third-order valence-corrected chi connectivity index (χ3v) is 5.51. The fourth-order valence-electron chi connectivity index (χ4n) is 3.33. The smallest absolute Gasteiger partial charge is 0.310 e. The quantitative estimate of drug-likeness (QED) is 0.530. The minimum atomic E-state index is -0.375. The number of nitrogens with zero attached hydrogens (tertiary/aromatic N) is 1. The van der Waals surface area contributed by atoms with Gasteiger partial charge in [0.2, 0.25) is 0 Å². The number of amides is 1. The van der Waals surface area contributed by atoms with Gasteiger partial charge in [-0.05, 0) is 31.0 Å². The van der Waals surface area contributed by atoms with Crippen LogP contribution in [0.3, 0.4) is 0 Å². The van der Waals surface area contributed by atoms with Gasteiger partial charge in [-0.15, -0.1) is 0 Å². The highest BCUT2D eigenvalue weighted by Crippen LogP contribution is 2.27. The van der Waals surface area contributed by atoms with E-state index >= 15 is 0 Å². The summed E-state index contributed by atoms with van der Waals surface area (Å²) in [4.78, 5) is 26.8. The van der Waals surface area contributed by atoms with Crippen molar-refractivity contribution in [2.24, 2.45) is 5.92 Å². The largest absolute Gasteiger partial charge is 0.469 e. The fourth-order valence-corrected chi connectivity index (χ4v) is 3.63. The Kier molecular flexibility index (Phi) is 7.57. The van der Waals surface area contributed by atoms with Gasteiger partial charge in [0, 0.05) is 18.2 Å². The first-order valence-corrected chi connectivity index (χ1v) is 9.53. The van der Waals surface area contributed by atoms with Gasteiger partial charge in [0.1, 0.15) is 0 Å². The highest BCUT2D eigenvalue weighted by Gasteiger charge is 2.29. The van der Waals surface area contributed by atoms with E-state index in [9.17, 15) is 9.59 Å². The maximum Gasteiger partial charge on any atom is 0.310 e. The van der Waals surface area contributed by atoms with Crippen LogP contribution in [0.5, 0.6) is 0 Å². The van der Waals surface area contributed by atoms with Crippen LogP contribution in [-0.4, -0.2) is 36.5 Å². The molecule has 1 aromatic carbocycles. The summed E-state index contributed by atoms with van der Waals surface area (Å²) in [5, 5.41) is 0.775. The summed E-state index contributed by atoms with van der Waals surface area (Å²) in [6.07, 6.45) is 6.50. The van der Waals surface area contributed by atoms with Crippen molar-refractivity contribution in [1.82, 2.24) is 4.90 Å². The number of carbonyl (C=O) groups excluding carboxylic acids is 2. The number of hydrogen-bond donors (Lipinski definition) is 0. The van der Waals surface area contributed by atoms with E-state index in [1.54, 1.807) is 25.1 Å². The van der Waals surface area contributed by atoms with Gasteiger partial charge in [-0.2, -0.15) is 0 Å². The van der Waals surface area contributed by atoms with Crippen molar-refractivity contribution in [2.45, 2.75) is 51.5 Å². The zero-order valence-electron chi connectivity index (χ0n) is 14.8. The molecule has 0 spiro atoms. The molecule has 1 unspecified atom stereocenters. The molecular weight excluding hydrogens is 361 g/mol. The maximum atomic E-state index is 13.1. The Balaban J connectivity index is 2.26. The summed E-state index contributed by atoms with van der Waals surface area (Å²) < 4.78 is 4.83. The molecule has 6 heteroatoms. The fraction of sp³-hybridized carbons (Fsp3) is 0.579. The molecule has 4 nitrogen and oxygen atoms in total. The number of rotatable bonds is 5. The van der Waals surface area contributed by atoms with Crippen molar-refractivity contribution >= 4 is 35.1 Å². The number of ether oxygens (including phenoxy) is 1. The van der Waals surface area contributed by atoms with Crippen LogP contribution in [0.25, 0.3) is 0 Å². The van der Waals surface area contributed by atoms with Crippen LogP contribution in [0, 0.1) is 5.92 Å². The van der Waals surface area contributed by atoms with E-state index in [2.05, 4.69) is 0 Å². The highest BCUT2D eigenvalue weighted by molar-refractivity contribution is 6.42. The minimum absolute atomic E-state index is 0.110. The maximum absolute atomic E-state index is 13.1. The number of carbonyl (C=O) groups is 2. The molecule has 1 aliphatic rings. The van der Waals surface area contributed by atoms with E-state index in [0.29, 0.717) is 22.2 Å². The van der Waals surface area contributed by atoms with Gasteiger partial charge in [0.25, 0.3) is 5.91 Å². The normalized spacial score (nSPS) is 16.8. The molecule has 0 saturated heterocycles. The molecule has 1 atom stereocenters. The second-order valence-corrected chi connectivity index (χ2v) is 7.47. The van der Waals surface area contributed by atoms with Gasteiger partial charge < -0.3 is 9.64 Å². The summed E-state index contributed by atoms with van der Waals surface area (Å²) in [5.74, 6) is -0.790. The summed E-state index contributed by atoms with van der Waals surface area (Å²) in [7, 11) is 1.37. The van der Waals surface area contributed by atoms with Crippen LogP contribution in [0.4, 0.5) is 0 Å². The number of hydrogen-bond acceptors (Lipinski definition) is 3. The predicted molar refractivity (Wildman–Crippen MR) is 100 cm³/mol. The summed E-state index contributed by atoms with van der Waals surface area (Å²) in [6, 6.07) is 5.05. The summed E-state index contributed by atoms with van der Waals surface area (Å²) in [6.45, 7) is 2.13. The zero-order chi connectivity index (χ0) is 18.4. The standard InChI is InChI=1S/C19H25Cl2NO3/c1-13(19(24)25-2)12-22(15-7-5-3-4-6-8-15)18(23)14-9-10-16(20)17(21)11-14/h9-11,13,15H,3-8,12H2,1-2H3. The van der Waals surface area contributed by atoms with Crippen molar-refractivity contribution in [2.75, 3.05) is 13.7 Å². The Morgan fingerprint density at radius 1 is 1.16 bits per heavy atom. The molecule has 1 aromatic rings. The van der Waals surface area contributed by atoms with Crippen LogP contribution < -0.4 is 0 Å². The molecule has 1 aliphatic carbocycles. The molecule has 1 fully saturated rings. The van der Waals surface area contributed by atoms with Crippen LogP contribution >= 0.6 is 23.2 Å². The Labute approximate surface area is 159 Å². The molecule has 25 heavy (non-hydrogen) atoms. The van der Waals surface area contributed by atoms with E-state index in [4.69, 9.17) is 27.9 Å². The Morgan fingerprint density at radius 2 is 1.80 bits per heavy atom. The lowest BCUT2D eigenvalue weighted by atomic mass is 10.0. The van der Waals surface area contributed by atoms with E-state index in [0.717, 1.165) is 25.7 Å². The second kappa shape index (κ2) is 9.44. The van der Waals surface area contributed by atoms with Crippen LogP contribution in [0.15, 0.2) is 18.2 Å². The molecule has 1 saturated carbocycles. The molecular formula is C19H25Cl2NO3. The molecule has 0 N–H and O–H groups in total. The number of halogens is 2. The van der Waals surface area contributed by atoms with E-state index < -0.39 is 0 Å². The predicted octanol–water partition coefficient (Wildman–Crippen LogP) is 4.97. The molecule has 0 aliphatic heterocycles. The number of esters is 1. The van der Waals surface area contributed by atoms with E-state index in [-0.39, 0.29) is 23.8 Å². The van der Waals surface area contributed by atoms with Gasteiger partial charge in [-0.25, -0.2) is 0 Å². The zero-order valence-corrected chi connectivity index (χ0v) is 16.3. The Hall–Kier alpha value is -1.26. The average Bonchev–Trinajstić information content (AvgIpc) is 2.89. The van der Waals surface area contributed by atoms with Crippen molar-refractivity contribution in [3.63, 3.8) is 0 Å². The second-order valence-electron chi connectivity index (χ2n) is 6.66. The van der Waals surface area contributed by atoms with Crippen molar-refractivity contribution in [3.05, 3.63) is 33.8 Å². The van der Waals surface area contributed by atoms with Gasteiger partial charge >= 0.3 is 5.97 Å². The van der Waals surface area contributed by atoms with Gasteiger partial charge in [-0.3, -0.25) is 9.59 Å². The van der Waals surface area contributed by atoms with Crippen LogP contribution in [0.2, 0.25) is 10.0 Å². The number of methoxy groups -OCH3 is 1. The van der Waals surface area contributed by atoms with Gasteiger partial charge in [-0.1, -0.05) is 55.8 Å². The molecule has 2 rings (SSSR count). The Bertz CT molecular complexity index is 613. The molecule has 0 heterocycles. The van der Waals surface area contributed by atoms with Crippen molar-refractivity contribution < 1.29 is 14.3 Å². The molecule has 1 amide bonds. The first-order valence-electron chi connectivity index (χ1n) is 8.78. The van der Waals surface area contributed by atoms with E-state index in [1.165, 1.54) is 20.0 Å². The van der Waals surface area contributed by atoms with Gasteiger partial charge in [0.15, 0.2) is 0 Å². The number of benzene rings is 1. The SMILES string of the molecule is COC(=O)C(C)CN(C(=O)c1ccc(Cl)c(Cl)c1)C1CCCCCC1. The molecule has 138 valence electrons. The van der Waals surface area contributed by atoms with Gasteiger partial charge in [0.05, 0.1) is 23.1 Å². The van der Waals surface area contributed by atoms with Crippen LogP contribution in [-0.2, 0) is 9.53 Å². The third-order valence-electron chi connectivity index (χ3n) is 4.77. The van der Waals surface area contributed by atoms with Crippen molar-refractivity contribution in [1.29, 1.82) is 0 Å². The van der Waals surface area contributed by atoms with Crippen molar-refractivity contribution in [3.8, 4) is 0 Å². The molecule has 0 aromatic heterocycles. The minimum Gasteiger partial charge on any atom is -0.469 e. The lowest BCUT2D eigenvalue weighted by Crippen LogP contribution is -2.44. The first kappa shape index (κ1) is 20.1. The summed E-state index contributed by atoms with van der Waals surface area (Å²) >= 11 is 12.0. The highest BCUT2D eigenvalue weighted by atomic mass is 35.5. The first-order chi connectivity index (χ1) is 11.9.